The van der Waals surface area contributed by atoms with E-state index in [4.69, 9.17) is 9.68 Å². The van der Waals surface area contributed by atoms with Crippen LogP contribution in [0, 0.1) is 0 Å². The van der Waals surface area contributed by atoms with Crippen molar-refractivity contribution in [3.63, 3.8) is 0 Å². The number of anilines is 1. The Bertz CT molecular complexity index is 329. The third kappa shape index (κ3) is 3.11. The van der Waals surface area contributed by atoms with Gasteiger partial charge in [-0.2, -0.15) is 5.06 Å². The minimum atomic E-state index is 0.290. The number of benzene rings is 1. The van der Waals surface area contributed by atoms with E-state index in [1.807, 2.05) is 30.3 Å². The summed E-state index contributed by atoms with van der Waals surface area (Å²) in [7, 11) is 4.44. The summed E-state index contributed by atoms with van der Waals surface area (Å²) in [5.41, 5.74) is 3.36. The monoisotopic (exact) mass is 225 g/mol. The maximum Gasteiger partial charge on any atom is 0.288 e. The maximum atomic E-state index is 5.18. The zero-order valence-corrected chi connectivity index (χ0v) is 9.51. The molecule has 0 heterocycles. The zero-order valence-electron chi connectivity index (χ0n) is 9.51. The van der Waals surface area contributed by atoms with Crippen molar-refractivity contribution >= 4 is 11.6 Å². The average molecular weight is 225 g/mol. The number of guanidine groups is 1. The van der Waals surface area contributed by atoms with Crippen LogP contribution in [-0.4, -0.2) is 27.3 Å². The molecule has 0 saturated heterocycles. The number of nitrogens with zero attached hydrogens (tertiary/aromatic N) is 2. The van der Waals surface area contributed by atoms with E-state index in [2.05, 4.69) is 15.5 Å². The standard InChI is InChI=1S/C10H15N3O3/c1-14-11-10(12-15-2)13(16-3)9-7-5-4-6-8-9/h4-8H,1-3H3,(H,11,12). The normalized spacial score (nSPS) is 11.1. The molecule has 0 aliphatic carbocycles. The van der Waals surface area contributed by atoms with E-state index in [1.165, 1.54) is 26.4 Å². The molecule has 1 N–H and O–H groups in total. The molecule has 0 saturated carbocycles. The van der Waals surface area contributed by atoms with Gasteiger partial charge in [-0.25, -0.2) is 5.48 Å². The molecule has 0 radical (unpaired) electrons. The van der Waals surface area contributed by atoms with Crippen molar-refractivity contribution in [2.24, 2.45) is 5.16 Å². The fourth-order valence-corrected chi connectivity index (χ4v) is 1.15. The van der Waals surface area contributed by atoms with Gasteiger partial charge in [-0.1, -0.05) is 18.2 Å². The highest BCUT2D eigenvalue weighted by Gasteiger charge is 2.13. The van der Waals surface area contributed by atoms with Crippen LogP contribution in [0.4, 0.5) is 5.69 Å². The van der Waals surface area contributed by atoms with Gasteiger partial charge in [0, 0.05) is 0 Å². The summed E-state index contributed by atoms with van der Waals surface area (Å²) in [4.78, 5) is 14.6. The molecule has 0 spiro atoms. The molecule has 0 aliphatic heterocycles. The number of rotatable bonds is 4. The van der Waals surface area contributed by atoms with Crippen molar-refractivity contribution in [3.8, 4) is 0 Å². The summed E-state index contributed by atoms with van der Waals surface area (Å²) in [6.45, 7) is 0. The molecule has 6 heteroatoms. The van der Waals surface area contributed by atoms with Crippen LogP contribution in [0.5, 0.6) is 0 Å². The highest BCUT2D eigenvalue weighted by Crippen LogP contribution is 2.13. The fraction of sp³-hybridized carbons (Fsp3) is 0.300. The smallest absolute Gasteiger partial charge is 0.288 e. The highest BCUT2D eigenvalue weighted by molar-refractivity contribution is 5.93. The first-order valence-corrected chi connectivity index (χ1v) is 4.63. The van der Waals surface area contributed by atoms with Gasteiger partial charge >= 0.3 is 0 Å². The van der Waals surface area contributed by atoms with Crippen molar-refractivity contribution < 1.29 is 14.5 Å². The van der Waals surface area contributed by atoms with E-state index < -0.39 is 0 Å². The van der Waals surface area contributed by atoms with Gasteiger partial charge in [-0.05, 0) is 17.3 Å². The van der Waals surface area contributed by atoms with Gasteiger partial charge in [0.05, 0.1) is 19.9 Å². The topological polar surface area (TPSA) is 55.3 Å². The molecule has 0 atom stereocenters. The Morgan fingerprint density at radius 3 is 2.38 bits per heavy atom. The first-order chi connectivity index (χ1) is 7.83. The van der Waals surface area contributed by atoms with Gasteiger partial charge in [-0.3, -0.25) is 9.68 Å². The molecule has 0 aliphatic rings. The Hall–Kier alpha value is -1.79. The minimum Gasteiger partial charge on any atom is -0.396 e. The molecule has 0 fully saturated rings. The van der Waals surface area contributed by atoms with Crippen LogP contribution < -0.4 is 10.5 Å². The molecule has 1 rings (SSSR count). The minimum absolute atomic E-state index is 0.290. The number of hydrogen-bond acceptors (Lipinski definition) is 4. The zero-order chi connectivity index (χ0) is 11.8. The molecule has 88 valence electrons. The second-order valence-electron chi connectivity index (χ2n) is 2.72. The Morgan fingerprint density at radius 1 is 1.19 bits per heavy atom. The van der Waals surface area contributed by atoms with Crippen LogP contribution >= 0.6 is 0 Å². The third-order valence-corrected chi connectivity index (χ3v) is 1.74. The summed E-state index contributed by atoms with van der Waals surface area (Å²) < 4.78 is 0. The second-order valence-corrected chi connectivity index (χ2v) is 2.72. The van der Waals surface area contributed by atoms with Gasteiger partial charge in [0.1, 0.15) is 7.11 Å². The van der Waals surface area contributed by atoms with Gasteiger partial charge in [0.25, 0.3) is 5.96 Å². The molecule has 6 nitrogen and oxygen atoms in total. The summed E-state index contributed by atoms with van der Waals surface area (Å²) in [6.07, 6.45) is 0. The first kappa shape index (κ1) is 12.3. The number of nitrogens with one attached hydrogen (secondary N) is 1. The lowest BCUT2D eigenvalue weighted by molar-refractivity contribution is 0.115. The largest absolute Gasteiger partial charge is 0.396 e. The van der Waals surface area contributed by atoms with E-state index in [-0.39, 0.29) is 0 Å². The quantitative estimate of drug-likeness (QED) is 0.473. The van der Waals surface area contributed by atoms with Crippen LogP contribution in [0.25, 0.3) is 0 Å². The van der Waals surface area contributed by atoms with Gasteiger partial charge in [-0.15, -0.1) is 0 Å². The molecule has 16 heavy (non-hydrogen) atoms. The molecular weight excluding hydrogens is 210 g/mol. The Morgan fingerprint density at radius 2 is 1.88 bits per heavy atom. The van der Waals surface area contributed by atoms with E-state index >= 15 is 0 Å². The van der Waals surface area contributed by atoms with Crippen LogP contribution in [0.1, 0.15) is 0 Å². The number of oxime groups is 1. The van der Waals surface area contributed by atoms with Crippen LogP contribution in [0.2, 0.25) is 0 Å². The van der Waals surface area contributed by atoms with Crippen molar-refractivity contribution in [1.82, 2.24) is 5.48 Å². The molecule has 0 bridgehead atoms. The number of hydrogen-bond donors (Lipinski definition) is 1. The molecule has 0 unspecified atom stereocenters. The molecule has 0 amide bonds. The molecular formula is C10H15N3O3. The average Bonchev–Trinajstić information content (AvgIpc) is 2.32. The van der Waals surface area contributed by atoms with Crippen molar-refractivity contribution in [2.75, 3.05) is 26.4 Å². The van der Waals surface area contributed by atoms with Gasteiger partial charge in [0.15, 0.2) is 0 Å². The maximum absolute atomic E-state index is 5.18. The number of hydroxylamine groups is 2. The van der Waals surface area contributed by atoms with E-state index in [1.54, 1.807) is 0 Å². The van der Waals surface area contributed by atoms with Gasteiger partial charge in [0.2, 0.25) is 0 Å². The van der Waals surface area contributed by atoms with Crippen LogP contribution in [0.15, 0.2) is 35.5 Å². The van der Waals surface area contributed by atoms with Crippen molar-refractivity contribution in [3.05, 3.63) is 30.3 Å². The van der Waals surface area contributed by atoms with E-state index in [0.717, 1.165) is 5.69 Å². The Balaban J connectivity index is 2.91. The van der Waals surface area contributed by atoms with Crippen molar-refractivity contribution in [2.45, 2.75) is 0 Å². The van der Waals surface area contributed by atoms with Crippen LogP contribution in [-0.2, 0) is 14.5 Å². The molecule has 1 aromatic carbocycles. The summed E-state index contributed by atoms with van der Waals surface area (Å²) >= 11 is 0. The van der Waals surface area contributed by atoms with Gasteiger partial charge < -0.3 is 4.84 Å². The predicted octanol–water partition coefficient (Wildman–Crippen LogP) is 1.12. The summed E-state index contributed by atoms with van der Waals surface area (Å²) in [5.74, 6) is 0.290. The van der Waals surface area contributed by atoms with E-state index in [9.17, 15) is 0 Å². The summed E-state index contributed by atoms with van der Waals surface area (Å²) in [5, 5.41) is 5.18. The first-order valence-electron chi connectivity index (χ1n) is 4.63. The summed E-state index contributed by atoms with van der Waals surface area (Å²) in [6, 6.07) is 9.42. The van der Waals surface area contributed by atoms with Crippen LogP contribution in [0.3, 0.4) is 0 Å². The van der Waals surface area contributed by atoms with Crippen molar-refractivity contribution in [1.29, 1.82) is 0 Å². The lowest BCUT2D eigenvalue weighted by Gasteiger charge is -2.21. The Labute approximate surface area is 94.3 Å². The Kier molecular flexibility index (Phi) is 5.10. The fourth-order valence-electron chi connectivity index (χ4n) is 1.15. The lowest BCUT2D eigenvalue weighted by atomic mass is 10.3. The SMILES string of the molecule is CON=C(NOC)N(OC)c1ccccc1. The second kappa shape index (κ2) is 6.65. The lowest BCUT2D eigenvalue weighted by Crippen LogP contribution is -2.40. The molecule has 1 aromatic rings. The predicted molar refractivity (Wildman–Crippen MR) is 60.5 cm³/mol. The highest BCUT2D eigenvalue weighted by atomic mass is 16.7. The number of para-hydroxylation sites is 1. The molecule has 0 aromatic heterocycles. The third-order valence-electron chi connectivity index (χ3n) is 1.74. The van der Waals surface area contributed by atoms with E-state index in [0.29, 0.717) is 5.96 Å².